The third-order valence-corrected chi connectivity index (χ3v) is 1.13. The van der Waals surface area contributed by atoms with Crippen molar-refractivity contribution < 1.29 is 0 Å². The SMILES string of the molecule is N=C(Cl)SCl. The van der Waals surface area contributed by atoms with E-state index in [9.17, 15) is 0 Å². The van der Waals surface area contributed by atoms with Gasteiger partial charge in [0, 0.05) is 11.0 Å². The Morgan fingerprint density at radius 2 is 2.00 bits per heavy atom. The molecule has 0 saturated carbocycles. The highest BCUT2D eigenvalue weighted by Crippen LogP contribution is 2.08. The zero-order valence-corrected chi connectivity index (χ0v) is 4.49. The molecule has 30 valence electrons. The van der Waals surface area contributed by atoms with E-state index in [-0.39, 0.29) is 4.50 Å². The van der Waals surface area contributed by atoms with Gasteiger partial charge >= 0.3 is 0 Å². The van der Waals surface area contributed by atoms with Crippen LogP contribution in [0.1, 0.15) is 0 Å². The normalized spacial score (nSPS) is 7.60. The van der Waals surface area contributed by atoms with Crippen LogP contribution < -0.4 is 0 Å². The van der Waals surface area contributed by atoms with Crippen molar-refractivity contribution >= 4 is 37.8 Å². The van der Waals surface area contributed by atoms with E-state index in [1.54, 1.807) is 0 Å². The second-order valence-electron chi connectivity index (χ2n) is 0.351. The van der Waals surface area contributed by atoms with E-state index < -0.39 is 0 Å². The molecule has 0 aromatic carbocycles. The zero-order valence-electron chi connectivity index (χ0n) is 2.16. The summed E-state index contributed by atoms with van der Waals surface area (Å²) in [7, 11) is 5.60. The van der Waals surface area contributed by atoms with Crippen molar-refractivity contribution in [2.45, 2.75) is 0 Å². The fraction of sp³-hybridized carbons (Fsp3) is 0. The number of hydrogen-bond donors (Lipinski definition) is 1. The molecule has 0 rings (SSSR count). The monoisotopic (exact) mass is 129 g/mol. The third-order valence-electron chi connectivity index (χ3n) is 0.0677. The van der Waals surface area contributed by atoms with Crippen LogP contribution in [0.5, 0.6) is 0 Å². The molecule has 1 nitrogen and oxygen atoms in total. The molecule has 0 amide bonds. The van der Waals surface area contributed by atoms with Crippen molar-refractivity contribution in [1.82, 2.24) is 0 Å². The number of halogens is 2. The van der Waals surface area contributed by atoms with Crippen molar-refractivity contribution in [3.05, 3.63) is 0 Å². The average molecular weight is 130 g/mol. The fourth-order valence-electron chi connectivity index (χ4n) is 0. The van der Waals surface area contributed by atoms with Crippen LogP contribution in [0.3, 0.4) is 0 Å². The van der Waals surface area contributed by atoms with Gasteiger partial charge in [-0.3, -0.25) is 5.41 Å². The van der Waals surface area contributed by atoms with Crippen molar-refractivity contribution in [2.75, 3.05) is 0 Å². The molecule has 0 saturated heterocycles. The molecule has 0 aromatic heterocycles. The van der Waals surface area contributed by atoms with Gasteiger partial charge in [0.25, 0.3) is 0 Å². The van der Waals surface area contributed by atoms with Crippen LogP contribution in [0.25, 0.3) is 0 Å². The highest BCUT2D eigenvalue weighted by molar-refractivity contribution is 8.34. The molecule has 0 radical (unpaired) electrons. The molecule has 0 unspecified atom stereocenters. The van der Waals surface area contributed by atoms with Gasteiger partial charge in [-0.25, -0.2) is 0 Å². The second kappa shape index (κ2) is 2.82. The predicted octanol–water partition coefficient (Wildman–Crippen LogP) is 2.05. The first-order chi connectivity index (χ1) is 2.27. The van der Waals surface area contributed by atoms with Crippen LogP contribution in [-0.2, 0) is 0 Å². The standard InChI is InChI=1S/CHCl2NS/c2-1(4)5-3/h4H. The maximum atomic E-state index is 6.34. The molecule has 1 N–H and O–H groups in total. The molecule has 0 atom stereocenters. The van der Waals surface area contributed by atoms with Gasteiger partial charge < -0.3 is 0 Å². The molecule has 0 aliphatic heterocycles. The Hall–Kier alpha value is 0.600. The van der Waals surface area contributed by atoms with Crippen LogP contribution in [0, 0.1) is 5.41 Å². The minimum Gasteiger partial charge on any atom is -0.282 e. The highest BCUT2D eigenvalue weighted by Gasteiger charge is 1.78. The van der Waals surface area contributed by atoms with Gasteiger partial charge in [-0.1, -0.05) is 11.6 Å². The maximum absolute atomic E-state index is 6.34. The molecule has 0 spiro atoms. The molecule has 0 aliphatic carbocycles. The first kappa shape index (κ1) is 5.60. The van der Waals surface area contributed by atoms with Gasteiger partial charge in [-0.2, -0.15) is 0 Å². The summed E-state index contributed by atoms with van der Waals surface area (Å²) in [5.41, 5.74) is 0. The Morgan fingerprint density at radius 1 is 1.80 bits per heavy atom. The van der Waals surface area contributed by atoms with Crippen molar-refractivity contribution in [2.24, 2.45) is 0 Å². The van der Waals surface area contributed by atoms with E-state index in [2.05, 4.69) is 0 Å². The minimum atomic E-state index is -0.0910. The van der Waals surface area contributed by atoms with Gasteiger partial charge in [-0.15, -0.1) is 0 Å². The van der Waals surface area contributed by atoms with E-state index in [0.29, 0.717) is 11.0 Å². The third kappa shape index (κ3) is 4.60. The van der Waals surface area contributed by atoms with Crippen molar-refractivity contribution in [3.8, 4) is 0 Å². The van der Waals surface area contributed by atoms with Gasteiger partial charge in [0.1, 0.15) is 0 Å². The summed E-state index contributed by atoms with van der Waals surface area (Å²) in [6.45, 7) is 0. The molecule has 0 heterocycles. The summed E-state index contributed by atoms with van der Waals surface area (Å²) in [6.07, 6.45) is 0. The Bertz CT molecular complexity index is 44.9. The summed E-state index contributed by atoms with van der Waals surface area (Å²) in [4.78, 5) is 0. The predicted molar refractivity (Wildman–Crippen MR) is 27.0 cm³/mol. The number of nitrogens with one attached hydrogen (secondary N) is 1. The largest absolute Gasteiger partial charge is 0.282 e. The minimum absolute atomic E-state index is 0.0910. The molecule has 0 aliphatic rings. The highest BCUT2D eigenvalue weighted by atomic mass is 35.7. The molecule has 0 bridgehead atoms. The quantitative estimate of drug-likeness (QED) is 0.393. The van der Waals surface area contributed by atoms with Crippen LogP contribution in [0.4, 0.5) is 0 Å². The Morgan fingerprint density at radius 3 is 2.00 bits per heavy atom. The Balaban J connectivity index is 2.85. The smallest absolute Gasteiger partial charge is 0.170 e. The van der Waals surface area contributed by atoms with Gasteiger partial charge in [0.2, 0.25) is 0 Å². The van der Waals surface area contributed by atoms with Crippen LogP contribution in [0.2, 0.25) is 0 Å². The van der Waals surface area contributed by atoms with Gasteiger partial charge in [0.15, 0.2) is 4.50 Å². The first-order valence-electron chi connectivity index (χ1n) is 0.797. The molecule has 4 heteroatoms. The molecular weight excluding hydrogens is 129 g/mol. The van der Waals surface area contributed by atoms with Crippen LogP contribution in [0.15, 0.2) is 0 Å². The fourth-order valence-corrected chi connectivity index (χ4v) is 0. The Labute approximate surface area is 43.7 Å². The lowest BCUT2D eigenvalue weighted by molar-refractivity contribution is 1.59. The summed E-state index contributed by atoms with van der Waals surface area (Å²) >= 11 is 4.88. The first-order valence-corrected chi connectivity index (χ1v) is 2.82. The summed E-state index contributed by atoms with van der Waals surface area (Å²) < 4.78 is -0.0910. The average Bonchev–Trinajstić information content (AvgIpc) is 1.38. The van der Waals surface area contributed by atoms with E-state index in [0.717, 1.165) is 0 Å². The topological polar surface area (TPSA) is 23.9 Å². The van der Waals surface area contributed by atoms with E-state index >= 15 is 0 Å². The Kier molecular flexibility index (Phi) is 3.16. The lowest BCUT2D eigenvalue weighted by Crippen LogP contribution is -1.58. The van der Waals surface area contributed by atoms with Gasteiger partial charge in [-0.05, 0) is 10.7 Å². The molecule has 5 heavy (non-hydrogen) atoms. The van der Waals surface area contributed by atoms with Crippen LogP contribution >= 0.6 is 33.3 Å². The van der Waals surface area contributed by atoms with E-state index in [4.69, 9.17) is 27.7 Å². The lowest BCUT2D eigenvalue weighted by Gasteiger charge is -1.70. The summed E-state index contributed by atoms with van der Waals surface area (Å²) in [6, 6.07) is 0. The second-order valence-corrected chi connectivity index (χ2v) is 1.98. The summed E-state index contributed by atoms with van der Waals surface area (Å²) in [5, 5.41) is 6.34. The van der Waals surface area contributed by atoms with E-state index in [1.807, 2.05) is 0 Å². The summed E-state index contributed by atoms with van der Waals surface area (Å²) in [5.74, 6) is 0. The number of rotatable bonds is 0. The molecular formula is CHCl2NS. The number of hydrogen-bond acceptors (Lipinski definition) is 2. The van der Waals surface area contributed by atoms with Crippen molar-refractivity contribution in [1.29, 1.82) is 5.41 Å². The zero-order chi connectivity index (χ0) is 4.28. The van der Waals surface area contributed by atoms with E-state index in [1.165, 1.54) is 0 Å². The van der Waals surface area contributed by atoms with Crippen LogP contribution in [-0.4, -0.2) is 4.50 Å². The molecule has 0 aromatic rings. The maximum Gasteiger partial charge on any atom is 0.170 e. The lowest BCUT2D eigenvalue weighted by atomic mass is 11.7. The molecule has 0 fully saturated rings. The van der Waals surface area contributed by atoms with Crippen molar-refractivity contribution in [3.63, 3.8) is 0 Å². The van der Waals surface area contributed by atoms with Gasteiger partial charge in [0.05, 0.1) is 0 Å².